The Labute approximate surface area is 159 Å². The Morgan fingerprint density at radius 1 is 1.15 bits per heavy atom. The van der Waals surface area contributed by atoms with Crippen LogP contribution >= 0.6 is 0 Å². The van der Waals surface area contributed by atoms with Gasteiger partial charge in [-0.3, -0.25) is 9.97 Å². The number of carbonyl (C=O) groups excluding carboxylic acids is 1. The van der Waals surface area contributed by atoms with Crippen LogP contribution in [-0.4, -0.2) is 65.7 Å². The van der Waals surface area contributed by atoms with Crippen LogP contribution < -0.4 is 4.90 Å². The monoisotopic (exact) mass is 367 g/mol. The molecule has 7 nitrogen and oxygen atoms in total. The molecule has 7 heteroatoms. The Morgan fingerprint density at radius 3 is 2.85 bits per heavy atom. The Bertz CT molecular complexity index is 808. The second-order valence-corrected chi connectivity index (χ2v) is 6.50. The molecule has 0 aliphatic carbocycles. The zero-order valence-electron chi connectivity index (χ0n) is 15.8. The summed E-state index contributed by atoms with van der Waals surface area (Å²) >= 11 is 0. The predicted octanol–water partition coefficient (Wildman–Crippen LogP) is 2.26. The second kappa shape index (κ2) is 9.23. The van der Waals surface area contributed by atoms with E-state index in [9.17, 15) is 4.79 Å². The Balaban J connectivity index is 1.78. The Kier molecular flexibility index (Phi) is 6.49. The van der Waals surface area contributed by atoms with Gasteiger partial charge in [-0.05, 0) is 44.6 Å². The van der Waals surface area contributed by atoms with Crippen molar-refractivity contribution in [3.63, 3.8) is 0 Å². The maximum absolute atomic E-state index is 11.5. The molecule has 0 atom stereocenters. The molecule has 0 N–H and O–H groups in total. The lowest BCUT2D eigenvalue weighted by Gasteiger charge is -2.21. The van der Waals surface area contributed by atoms with Crippen molar-refractivity contribution in [1.82, 2.24) is 19.9 Å². The van der Waals surface area contributed by atoms with Crippen LogP contribution in [0.1, 0.15) is 18.9 Å². The molecular formula is C20H25N5O2. The number of pyridine rings is 1. The SMILES string of the molecule is CCOC(=O)/C=C/c1cncc(-c2cncc(N3CCCN(C)CC3)n2)c1. The number of hydrogen-bond donors (Lipinski definition) is 0. The number of carbonyl (C=O) groups is 1. The predicted molar refractivity (Wildman–Crippen MR) is 105 cm³/mol. The fraction of sp³-hybridized carbons (Fsp3) is 0.400. The summed E-state index contributed by atoms with van der Waals surface area (Å²) in [6.07, 6.45) is 11.2. The van der Waals surface area contributed by atoms with Gasteiger partial charge in [0.05, 0.1) is 24.7 Å². The summed E-state index contributed by atoms with van der Waals surface area (Å²) in [5.74, 6) is 0.520. The van der Waals surface area contributed by atoms with E-state index < -0.39 is 0 Å². The van der Waals surface area contributed by atoms with Crippen LogP contribution in [-0.2, 0) is 9.53 Å². The van der Waals surface area contributed by atoms with Crippen molar-refractivity contribution in [3.05, 3.63) is 42.5 Å². The summed E-state index contributed by atoms with van der Waals surface area (Å²) in [7, 11) is 2.15. The zero-order valence-corrected chi connectivity index (χ0v) is 15.8. The molecule has 0 bridgehead atoms. The van der Waals surface area contributed by atoms with E-state index in [1.54, 1.807) is 31.6 Å². The average Bonchev–Trinajstić information content (AvgIpc) is 2.91. The molecule has 1 saturated heterocycles. The first-order valence-electron chi connectivity index (χ1n) is 9.21. The van der Waals surface area contributed by atoms with Gasteiger partial charge in [-0.15, -0.1) is 0 Å². The number of aromatic nitrogens is 3. The molecule has 0 spiro atoms. The standard InChI is InChI=1S/C20H25N5O2/c1-3-27-20(26)6-5-16-11-17(13-21-12-16)18-14-22-15-19(23-18)25-8-4-7-24(2)9-10-25/h5-6,11-15H,3-4,7-10H2,1-2H3/b6-5+. The Morgan fingerprint density at radius 2 is 2.00 bits per heavy atom. The van der Waals surface area contributed by atoms with Crippen molar-refractivity contribution in [2.24, 2.45) is 0 Å². The number of nitrogens with zero attached hydrogens (tertiary/aromatic N) is 5. The molecule has 0 saturated carbocycles. The second-order valence-electron chi connectivity index (χ2n) is 6.50. The molecule has 1 aliphatic heterocycles. The van der Waals surface area contributed by atoms with Gasteiger partial charge in [0.1, 0.15) is 5.82 Å². The van der Waals surface area contributed by atoms with E-state index in [1.165, 1.54) is 6.08 Å². The highest BCUT2D eigenvalue weighted by Crippen LogP contribution is 2.21. The van der Waals surface area contributed by atoms with Gasteiger partial charge in [0.2, 0.25) is 0 Å². The molecule has 142 valence electrons. The first-order chi connectivity index (χ1) is 13.2. The zero-order chi connectivity index (χ0) is 19.1. The van der Waals surface area contributed by atoms with Crippen molar-refractivity contribution in [3.8, 4) is 11.3 Å². The summed E-state index contributed by atoms with van der Waals surface area (Å²) in [5, 5.41) is 0. The molecule has 2 aromatic rings. The highest BCUT2D eigenvalue weighted by atomic mass is 16.5. The lowest BCUT2D eigenvalue weighted by Crippen LogP contribution is -2.29. The molecule has 2 aromatic heterocycles. The molecule has 0 radical (unpaired) electrons. The van der Waals surface area contributed by atoms with Gasteiger partial charge in [0.25, 0.3) is 0 Å². The summed E-state index contributed by atoms with van der Waals surface area (Å²) in [6.45, 7) is 6.17. The van der Waals surface area contributed by atoms with Crippen LogP contribution in [0.4, 0.5) is 5.82 Å². The molecule has 0 aromatic carbocycles. The number of anilines is 1. The summed E-state index contributed by atoms with van der Waals surface area (Å²) < 4.78 is 4.90. The van der Waals surface area contributed by atoms with Gasteiger partial charge in [-0.25, -0.2) is 9.78 Å². The van der Waals surface area contributed by atoms with E-state index in [0.29, 0.717) is 6.61 Å². The van der Waals surface area contributed by atoms with Crippen molar-refractivity contribution in [2.45, 2.75) is 13.3 Å². The fourth-order valence-corrected chi connectivity index (χ4v) is 2.97. The van der Waals surface area contributed by atoms with E-state index in [0.717, 1.165) is 55.2 Å². The molecule has 27 heavy (non-hydrogen) atoms. The average molecular weight is 367 g/mol. The highest BCUT2D eigenvalue weighted by molar-refractivity contribution is 5.87. The maximum Gasteiger partial charge on any atom is 0.330 e. The van der Waals surface area contributed by atoms with Crippen LogP contribution in [0.2, 0.25) is 0 Å². The lowest BCUT2D eigenvalue weighted by molar-refractivity contribution is -0.137. The van der Waals surface area contributed by atoms with Gasteiger partial charge in [0.15, 0.2) is 0 Å². The van der Waals surface area contributed by atoms with Gasteiger partial charge in [-0.1, -0.05) is 0 Å². The first-order valence-corrected chi connectivity index (χ1v) is 9.21. The number of hydrogen-bond acceptors (Lipinski definition) is 7. The number of esters is 1. The molecular weight excluding hydrogens is 342 g/mol. The van der Waals surface area contributed by atoms with Crippen LogP contribution in [0.25, 0.3) is 17.3 Å². The minimum atomic E-state index is -0.365. The van der Waals surface area contributed by atoms with Crippen LogP contribution in [0.15, 0.2) is 36.9 Å². The van der Waals surface area contributed by atoms with Gasteiger partial charge in [-0.2, -0.15) is 0 Å². The van der Waals surface area contributed by atoms with Crippen molar-refractivity contribution >= 4 is 17.9 Å². The van der Waals surface area contributed by atoms with Gasteiger partial charge in [0, 0.05) is 43.7 Å². The third-order valence-corrected chi connectivity index (χ3v) is 4.42. The van der Waals surface area contributed by atoms with Gasteiger partial charge >= 0.3 is 5.97 Å². The molecule has 1 aliphatic rings. The number of ether oxygens (including phenoxy) is 1. The highest BCUT2D eigenvalue weighted by Gasteiger charge is 2.14. The quantitative estimate of drug-likeness (QED) is 0.593. The van der Waals surface area contributed by atoms with Crippen LogP contribution in [0.3, 0.4) is 0 Å². The third-order valence-electron chi connectivity index (χ3n) is 4.42. The first kappa shape index (κ1) is 19.0. The van der Waals surface area contributed by atoms with Crippen LogP contribution in [0.5, 0.6) is 0 Å². The minimum Gasteiger partial charge on any atom is -0.463 e. The molecule has 1 fully saturated rings. The molecule has 0 amide bonds. The van der Waals surface area contributed by atoms with Gasteiger partial charge < -0.3 is 14.5 Å². The third kappa shape index (κ3) is 5.34. The minimum absolute atomic E-state index is 0.357. The number of rotatable bonds is 5. The van der Waals surface area contributed by atoms with E-state index in [1.807, 2.05) is 12.3 Å². The van der Waals surface area contributed by atoms with E-state index in [-0.39, 0.29) is 5.97 Å². The largest absolute Gasteiger partial charge is 0.463 e. The van der Waals surface area contributed by atoms with Crippen molar-refractivity contribution in [1.29, 1.82) is 0 Å². The van der Waals surface area contributed by atoms with Crippen LogP contribution in [0, 0.1) is 0 Å². The van der Waals surface area contributed by atoms with E-state index >= 15 is 0 Å². The molecule has 3 heterocycles. The van der Waals surface area contributed by atoms with Crippen molar-refractivity contribution in [2.75, 3.05) is 44.7 Å². The normalized spacial score (nSPS) is 15.7. The topological polar surface area (TPSA) is 71.5 Å². The lowest BCUT2D eigenvalue weighted by atomic mass is 10.1. The Hall–Kier alpha value is -2.80. The van der Waals surface area contributed by atoms with E-state index in [4.69, 9.17) is 9.72 Å². The summed E-state index contributed by atoms with van der Waals surface area (Å²) in [5.41, 5.74) is 2.44. The fourth-order valence-electron chi connectivity index (χ4n) is 2.97. The smallest absolute Gasteiger partial charge is 0.330 e. The maximum atomic E-state index is 11.5. The summed E-state index contributed by atoms with van der Waals surface area (Å²) in [6, 6.07) is 1.94. The molecule has 0 unspecified atom stereocenters. The van der Waals surface area contributed by atoms with Crippen molar-refractivity contribution < 1.29 is 9.53 Å². The summed E-state index contributed by atoms with van der Waals surface area (Å²) in [4.78, 5) is 29.5. The van der Waals surface area contributed by atoms with E-state index in [2.05, 4.69) is 26.8 Å². The number of likely N-dealkylation sites (N-methyl/N-ethyl adjacent to an activating group) is 1. The molecule has 3 rings (SSSR count).